The highest BCUT2D eigenvalue weighted by Crippen LogP contribution is 2.53. The van der Waals surface area contributed by atoms with Gasteiger partial charge in [-0.25, -0.2) is 4.90 Å². The Kier molecular flexibility index (Phi) is 8.67. The van der Waals surface area contributed by atoms with Crippen molar-refractivity contribution in [3.05, 3.63) is 95.8 Å². The zero-order valence-electron chi connectivity index (χ0n) is 22.8. The monoisotopic (exact) mass is 689 g/mol. The minimum absolute atomic E-state index is 0.278. The van der Waals surface area contributed by atoms with E-state index >= 15 is 0 Å². The maximum absolute atomic E-state index is 13.9. The summed E-state index contributed by atoms with van der Waals surface area (Å²) in [5.41, 5.74) is 1.54. The van der Waals surface area contributed by atoms with Gasteiger partial charge in [0.25, 0.3) is 5.91 Å². The number of fused-ring (bicyclic) bond motifs is 2. The second-order valence-electron chi connectivity index (χ2n) is 9.84. The number of benzene rings is 3. The maximum Gasteiger partial charge on any atom is 0.305 e. The summed E-state index contributed by atoms with van der Waals surface area (Å²) < 4.78 is 11.7. The molecule has 0 saturated carbocycles. The van der Waals surface area contributed by atoms with Crippen molar-refractivity contribution < 1.29 is 23.9 Å². The highest BCUT2D eigenvalue weighted by atomic mass is 35.5. The Morgan fingerprint density at radius 2 is 1.70 bits per heavy atom. The van der Waals surface area contributed by atoms with Gasteiger partial charge in [-0.1, -0.05) is 64.0 Å². The molecule has 3 amide bonds. The van der Waals surface area contributed by atoms with Crippen LogP contribution in [0, 0.1) is 5.92 Å². The number of carbonyl (C=O) groups excluding carboxylic acids is 3. The molecule has 0 spiro atoms. The Hall–Kier alpha value is -3.48. The molecule has 0 radical (unpaired) electrons. The van der Waals surface area contributed by atoms with Crippen molar-refractivity contribution >= 4 is 87.0 Å². The molecule has 2 aliphatic rings. The van der Waals surface area contributed by atoms with E-state index in [0.717, 1.165) is 11.3 Å². The standard InChI is InChI=1S/C30H22Cl3N3O6S2/c1-2-41-21-11-14(3-10-20(21)42-13-22(37)34-16-6-9-18(32)19(33)12-16)23-24-26(43-27-25(23)44-30(40)35-27)29(39)36(28(24)38)17-7-4-15(31)5-8-17/h3-12,23-24,26H,2,13H2,1H3,(H,34,37)(H,35,40)/t23-,24?,26?/m1/s1. The Bertz CT molecular complexity index is 1840. The maximum atomic E-state index is 13.9. The average Bonchev–Trinajstić information content (AvgIpc) is 3.49. The molecule has 1 saturated heterocycles. The number of carbonyl (C=O) groups is 3. The molecule has 4 aromatic rings. The second kappa shape index (κ2) is 12.5. The minimum Gasteiger partial charge on any atom is -0.490 e. The van der Waals surface area contributed by atoms with Crippen LogP contribution >= 0.6 is 57.9 Å². The third kappa shape index (κ3) is 5.82. The number of aromatic amines is 1. The number of H-pyrrole nitrogens is 1. The number of hydrogen-bond acceptors (Lipinski definition) is 8. The number of hydrogen-bond donors (Lipinski definition) is 2. The predicted molar refractivity (Wildman–Crippen MR) is 172 cm³/mol. The molecule has 3 heterocycles. The van der Waals surface area contributed by atoms with E-state index in [9.17, 15) is 19.2 Å². The molecule has 1 fully saturated rings. The highest BCUT2D eigenvalue weighted by Gasteiger charge is 2.56. The number of imide groups is 1. The van der Waals surface area contributed by atoms with Crippen LogP contribution in [0.15, 0.2) is 70.5 Å². The van der Waals surface area contributed by atoms with Gasteiger partial charge in [-0.05, 0) is 67.1 Å². The van der Waals surface area contributed by atoms with Crippen molar-refractivity contribution in [1.82, 2.24) is 4.98 Å². The number of nitrogens with one attached hydrogen (secondary N) is 2. The van der Waals surface area contributed by atoms with Crippen LogP contribution in [0.3, 0.4) is 0 Å². The Morgan fingerprint density at radius 3 is 2.43 bits per heavy atom. The number of halogens is 3. The molecule has 226 valence electrons. The van der Waals surface area contributed by atoms with Crippen molar-refractivity contribution in [2.75, 3.05) is 23.4 Å². The SMILES string of the molecule is CCOc1cc([C@H]2c3sc(=O)[nH]c3SC3C(=O)N(c4ccc(Cl)cc4)C(=O)C32)ccc1OCC(=O)Nc1ccc(Cl)c(Cl)c1. The van der Waals surface area contributed by atoms with Crippen molar-refractivity contribution in [3.63, 3.8) is 0 Å². The number of anilines is 2. The molecular weight excluding hydrogens is 669 g/mol. The summed E-state index contributed by atoms with van der Waals surface area (Å²) in [4.78, 5) is 57.0. The summed E-state index contributed by atoms with van der Waals surface area (Å²) in [6.07, 6.45) is 0. The van der Waals surface area contributed by atoms with Crippen LogP contribution in [0.5, 0.6) is 11.5 Å². The normalized spacial score (nSPS) is 19.0. The molecule has 2 aliphatic heterocycles. The van der Waals surface area contributed by atoms with Gasteiger partial charge in [-0.2, -0.15) is 0 Å². The van der Waals surface area contributed by atoms with Crippen LogP contribution in [-0.4, -0.2) is 41.2 Å². The summed E-state index contributed by atoms with van der Waals surface area (Å²) in [6, 6.07) is 16.4. The predicted octanol–water partition coefficient (Wildman–Crippen LogP) is 6.61. The molecule has 2 unspecified atom stereocenters. The van der Waals surface area contributed by atoms with Gasteiger partial charge in [-0.3, -0.25) is 19.2 Å². The number of thiazole rings is 1. The van der Waals surface area contributed by atoms with Crippen LogP contribution in [0.2, 0.25) is 15.1 Å². The Balaban J connectivity index is 1.30. The van der Waals surface area contributed by atoms with Crippen molar-refractivity contribution in [1.29, 1.82) is 0 Å². The minimum atomic E-state index is -0.777. The molecule has 44 heavy (non-hydrogen) atoms. The number of thioether (sulfide) groups is 1. The topological polar surface area (TPSA) is 118 Å². The third-order valence-electron chi connectivity index (χ3n) is 7.10. The van der Waals surface area contributed by atoms with Gasteiger partial charge in [-0.15, -0.1) is 0 Å². The van der Waals surface area contributed by atoms with E-state index in [-0.39, 0.29) is 23.3 Å². The lowest BCUT2D eigenvalue weighted by molar-refractivity contribution is -0.122. The molecule has 0 bridgehead atoms. The summed E-state index contributed by atoms with van der Waals surface area (Å²) in [5, 5.41) is 3.66. The van der Waals surface area contributed by atoms with Gasteiger partial charge < -0.3 is 19.8 Å². The molecule has 2 N–H and O–H groups in total. The fourth-order valence-corrected chi connectivity index (χ4v) is 8.18. The average molecular weight is 691 g/mol. The van der Waals surface area contributed by atoms with Crippen LogP contribution in [0.25, 0.3) is 0 Å². The smallest absolute Gasteiger partial charge is 0.305 e. The number of rotatable bonds is 8. The van der Waals surface area contributed by atoms with Crippen molar-refractivity contribution in [2.45, 2.75) is 23.1 Å². The van der Waals surface area contributed by atoms with E-state index in [0.29, 0.717) is 60.0 Å². The molecule has 3 aromatic carbocycles. The van der Waals surface area contributed by atoms with E-state index in [1.54, 1.807) is 61.5 Å². The van der Waals surface area contributed by atoms with Crippen LogP contribution in [-0.2, 0) is 14.4 Å². The first-order valence-corrected chi connectivity index (χ1v) is 16.1. The van der Waals surface area contributed by atoms with Gasteiger partial charge in [0.2, 0.25) is 11.8 Å². The van der Waals surface area contributed by atoms with Gasteiger partial charge in [0, 0.05) is 21.5 Å². The Labute approximate surface area is 274 Å². The second-order valence-corrected chi connectivity index (χ2v) is 13.3. The van der Waals surface area contributed by atoms with E-state index in [2.05, 4.69) is 10.3 Å². The lowest BCUT2D eigenvalue weighted by Gasteiger charge is -2.30. The van der Waals surface area contributed by atoms with Gasteiger partial charge in [0.1, 0.15) is 5.25 Å². The first-order valence-electron chi connectivity index (χ1n) is 13.3. The Morgan fingerprint density at radius 1 is 0.932 bits per heavy atom. The number of nitrogens with zero attached hydrogens (tertiary/aromatic N) is 1. The lowest BCUT2D eigenvalue weighted by atomic mass is 9.83. The molecule has 3 atom stereocenters. The lowest BCUT2D eigenvalue weighted by Crippen LogP contribution is -2.32. The van der Waals surface area contributed by atoms with E-state index in [1.807, 2.05) is 0 Å². The summed E-state index contributed by atoms with van der Waals surface area (Å²) >= 11 is 20.2. The quantitative estimate of drug-likeness (QED) is 0.200. The van der Waals surface area contributed by atoms with Gasteiger partial charge in [0.15, 0.2) is 18.1 Å². The fraction of sp³-hybridized carbons (Fsp3) is 0.200. The van der Waals surface area contributed by atoms with E-state index in [4.69, 9.17) is 44.3 Å². The zero-order chi connectivity index (χ0) is 31.1. The van der Waals surface area contributed by atoms with E-state index in [1.165, 1.54) is 22.7 Å². The van der Waals surface area contributed by atoms with Gasteiger partial charge >= 0.3 is 4.87 Å². The fourth-order valence-electron chi connectivity index (χ4n) is 5.24. The molecule has 9 nitrogen and oxygen atoms in total. The van der Waals surface area contributed by atoms with Crippen molar-refractivity contribution in [2.24, 2.45) is 5.92 Å². The molecule has 14 heteroatoms. The molecule has 1 aromatic heterocycles. The van der Waals surface area contributed by atoms with Crippen LogP contribution in [0.4, 0.5) is 11.4 Å². The summed E-state index contributed by atoms with van der Waals surface area (Å²) in [7, 11) is 0. The van der Waals surface area contributed by atoms with Crippen molar-refractivity contribution in [3.8, 4) is 11.5 Å². The number of ether oxygens (including phenoxy) is 2. The van der Waals surface area contributed by atoms with Crippen LogP contribution in [0.1, 0.15) is 23.3 Å². The third-order valence-corrected chi connectivity index (χ3v) is 10.5. The number of amides is 3. The first kappa shape index (κ1) is 30.5. The zero-order valence-corrected chi connectivity index (χ0v) is 26.7. The largest absolute Gasteiger partial charge is 0.490 e. The highest BCUT2D eigenvalue weighted by molar-refractivity contribution is 8.00. The summed E-state index contributed by atoms with van der Waals surface area (Å²) in [5.74, 6) is -1.91. The molecule has 6 rings (SSSR count). The molecular formula is C30H22Cl3N3O6S2. The summed E-state index contributed by atoms with van der Waals surface area (Å²) in [6.45, 7) is 1.78. The molecule has 0 aliphatic carbocycles. The van der Waals surface area contributed by atoms with Gasteiger partial charge in [0.05, 0.1) is 33.3 Å². The van der Waals surface area contributed by atoms with Crippen LogP contribution < -0.4 is 24.6 Å². The van der Waals surface area contributed by atoms with E-state index < -0.39 is 23.0 Å². The number of aromatic nitrogens is 1. The first-order chi connectivity index (χ1) is 21.1.